The summed E-state index contributed by atoms with van der Waals surface area (Å²) >= 11 is 0. The van der Waals surface area contributed by atoms with E-state index >= 15 is 0 Å². The number of hydrogen-bond acceptors (Lipinski definition) is 0. The van der Waals surface area contributed by atoms with Crippen molar-refractivity contribution in [2.75, 3.05) is 0 Å². The van der Waals surface area contributed by atoms with Gasteiger partial charge in [0, 0.05) is 6.07 Å². The van der Waals surface area contributed by atoms with Crippen LogP contribution in [0, 0.1) is 25.5 Å². The van der Waals surface area contributed by atoms with Crippen LogP contribution in [-0.2, 0) is 0 Å². The normalized spacial score (nSPS) is 10.0. The summed E-state index contributed by atoms with van der Waals surface area (Å²) in [5, 5.41) is 2.68. The molecule has 0 saturated carbocycles. The molecule has 0 spiro atoms. The van der Waals surface area contributed by atoms with Crippen molar-refractivity contribution in [2.45, 2.75) is 13.8 Å². The Morgan fingerprint density at radius 1 is 0.700 bits per heavy atom. The first-order chi connectivity index (χ1) is 9.58. The second-order valence-electron chi connectivity index (χ2n) is 4.69. The maximum atomic E-state index is 12.3. The van der Waals surface area contributed by atoms with Crippen LogP contribution in [0.15, 0.2) is 60.7 Å². The smallest absolute Gasteiger partial charge is 0.129 e. The maximum absolute atomic E-state index is 12.3. The number of rotatable bonds is 0. The summed E-state index contributed by atoms with van der Waals surface area (Å²) in [5.74, 6) is -1.02. The minimum Gasteiger partial charge on any atom is -0.207 e. The molecule has 0 aliphatic rings. The monoisotopic (exact) mass is 270 g/mol. The Morgan fingerprint density at radius 3 is 2.05 bits per heavy atom. The summed E-state index contributed by atoms with van der Waals surface area (Å²) in [5.41, 5.74) is 1.82. The van der Waals surface area contributed by atoms with Crippen LogP contribution in [-0.4, -0.2) is 0 Å². The van der Waals surface area contributed by atoms with Gasteiger partial charge in [0.25, 0.3) is 0 Å². The lowest BCUT2D eigenvalue weighted by Crippen LogP contribution is -1.81. The molecule has 0 bridgehead atoms. The lowest BCUT2D eigenvalue weighted by Gasteiger charge is -1.98. The van der Waals surface area contributed by atoms with Gasteiger partial charge in [0.05, 0.1) is 0 Å². The van der Waals surface area contributed by atoms with Crippen molar-refractivity contribution in [3.8, 4) is 0 Å². The SMILES string of the molecule is Cc1ccc(F)cc1F.Cc1cccc2ccccc12. The molecule has 0 amide bonds. The summed E-state index contributed by atoms with van der Waals surface area (Å²) in [7, 11) is 0. The van der Waals surface area contributed by atoms with E-state index in [0.29, 0.717) is 5.56 Å². The average Bonchev–Trinajstić information content (AvgIpc) is 2.45. The van der Waals surface area contributed by atoms with Crippen molar-refractivity contribution in [3.63, 3.8) is 0 Å². The van der Waals surface area contributed by atoms with Crippen LogP contribution in [0.4, 0.5) is 8.78 Å². The topological polar surface area (TPSA) is 0 Å². The van der Waals surface area contributed by atoms with Crippen molar-refractivity contribution in [2.24, 2.45) is 0 Å². The van der Waals surface area contributed by atoms with Crippen LogP contribution in [0.5, 0.6) is 0 Å². The van der Waals surface area contributed by atoms with Crippen molar-refractivity contribution in [1.29, 1.82) is 0 Å². The zero-order valence-corrected chi connectivity index (χ0v) is 11.5. The zero-order chi connectivity index (χ0) is 14.5. The third-order valence-electron chi connectivity index (χ3n) is 3.14. The first-order valence-corrected chi connectivity index (χ1v) is 6.44. The summed E-state index contributed by atoms with van der Waals surface area (Å²) in [6.07, 6.45) is 0. The molecule has 20 heavy (non-hydrogen) atoms. The number of hydrogen-bond donors (Lipinski definition) is 0. The molecule has 0 N–H and O–H groups in total. The van der Waals surface area contributed by atoms with Crippen LogP contribution in [0.2, 0.25) is 0 Å². The van der Waals surface area contributed by atoms with E-state index in [0.717, 1.165) is 6.07 Å². The van der Waals surface area contributed by atoms with Gasteiger partial charge in [-0.15, -0.1) is 0 Å². The Bertz CT molecular complexity index is 712. The molecule has 0 fully saturated rings. The van der Waals surface area contributed by atoms with E-state index in [1.807, 2.05) is 0 Å². The maximum Gasteiger partial charge on any atom is 0.129 e. The van der Waals surface area contributed by atoms with Gasteiger partial charge in [-0.05, 0) is 41.8 Å². The fourth-order valence-corrected chi connectivity index (χ4v) is 1.95. The van der Waals surface area contributed by atoms with Gasteiger partial charge in [-0.1, -0.05) is 48.5 Å². The number of fused-ring (bicyclic) bond motifs is 1. The fourth-order valence-electron chi connectivity index (χ4n) is 1.95. The van der Waals surface area contributed by atoms with Gasteiger partial charge in [0.15, 0.2) is 0 Å². The van der Waals surface area contributed by atoms with Crippen molar-refractivity contribution in [3.05, 3.63) is 83.4 Å². The number of aryl methyl sites for hydroxylation is 2. The predicted octanol–water partition coefficient (Wildman–Crippen LogP) is 5.42. The first kappa shape index (κ1) is 14.2. The minimum atomic E-state index is -0.530. The third kappa shape index (κ3) is 3.41. The molecule has 2 heteroatoms. The van der Waals surface area contributed by atoms with Crippen LogP contribution in [0.1, 0.15) is 11.1 Å². The van der Waals surface area contributed by atoms with Gasteiger partial charge >= 0.3 is 0 Å². The summed E-state index contributed by atoms with van der Waals surface area (Å²) < 4.78 is 24.4. The van der Waals surface area contributed by atoms with Crippen LogP contribution in [0.3, 0.4) is 0 Å². The molecule has 3 aromatic rings. The Labute approximate surface area is 117 Å². The molecule has 0 aliphatic carbocycles. The van der Waals surface area contributed by atoms with Crippen molar-refractivity contribution in [1.82, 2.24) is 0 Å². The van der Waals surface area contributed by atoms with Crippen molar-refractivity contribution >= 4 is 10.8 Å². The van der Waals surface area contributed by atoms with E-state index in [1.54, 1.807) is 6.92 Å². The van der Waals surface area contributed by atoms with E-state index in [4.69, 9.17) is 0 Å². The largest absolute Gasteiger partial charge is 0.207 e. The highest BCUT2D eigenvalue weighted by Crippen LogP contribution is 2.16. The molecule has 102 valence electrons. The Kier molecular flexibility index (Phi) is 4.46. The van der Waals surface area contributed by atoms with Gasteiger partial charge < -0.3 is 0 Å². The predicted molar refractivity (Wildman–Crippen MR) is 79.8 cm³/mol. The van der Waals surface area contributed by atoms with Gasteiger partial charge in [0.1, 0.15) is 11.6 Å². The number of halogens is 2. The van der Waals surface area contributed by atoms with Gasteiger partial charge in [-0.3, -0.25) is 0 Å². The molecule has 0 aromatic heterocycles. The Morgan fingerprint density at radius 2 is 1.40 bits per heavy atom. The Hall–Kier alpha value is -2.22. The lowest BCUT2D eigenvalue weighted by molar-refractivity contribution is 0.577. The standard InChI is InChI=1S/C11H10.C7H6F2/c1-9-5-4-7-10-6-2-3-8-11(9)10;1-5-2-3-6(8)4-7(5)9/h2-8H,1H3;2-4H,1H3. The van der Waals surface area contributed by atoms with E-state index < -0.39 is 11.6 Å². The molecule has 0 unspecified atom stereocenters. The molecule has 3 aromatic carbocycles. The highest BCUT2D eigenvalue weighted by atomic mass is 19.1. The molecule has 0 radical (unpaired) electrons. The molecular formula is C18H16F2. The molecule has 0 nitrogen and oxygen atoms in total. The summed E-state index contributed by atoms with van der Waals surface area (Å²) in [4.78, 5) is 0. The third-order valence-corrected chi connectivity index (χ3v) is 3.14. The molecule has 3 rings (SSSR count). The van der Waals surface area contributed by atoms with E-state index in [2.05, 4.69) is 49.4 Å². The van der Waals surface area contributed by atoms with E-state index in [1.165, 1.54) is 28.5 Å². The van der Waals surface area contributed by atoms with Gasteiger partial charge in [-0.25, -0.2) is 8.78 Å². The quantitative estimate of drug-likeness (QED) is 0.511. The minimum absolute atomic E-state index is 0.469. The van der Waals surface area contributed by atoms with E-state index in [-0.39, 0.29) is 0 Å². The highest BCUT2D eigenvalue weighted by molar-refractivity contribution is 5.85. The van der Waals surface area contributed by atoms with Crippen LogP contribution < -0.4 is 0 Å². The Balaban J connectivity index is 0.000000151. The average molecular weight is 270 g/mol. The fraction of sp³-hybridized carbons (Fsp3) is 0.111. The van der Waals surface area contributed by atoms with Crippen molar-refractivity contribution < 1.29 is 8.78 Å². The molecule has 0 aliphatic heterocycles. The molecular weight excluding hydrogens is 254 g/mol. The summed E-state index contributed by atoms with van der Waals surface area (Å²) in [6, 6.07) is 18.3. The van der Waals surface area contributed by atoms with Gasteiger partial charge in [0.2, 0.25) is 0 Å². The lowest BCUT2D eigenvalue weighted by atomic mass is 10.1. The number of benzene rings is 3. The van der Waals surface area contributed by atoms with Crippen LogP contribution >= 0.6 is 0 Å². The molecule has 0 heterocycles. The van der Waals surface area contributed by atoms with E-state index in [9.17, 15) is 8.78 Å². The zero-order valence-electron chi connectivity index (χ0n) is 11.5. The summed E-state index contributed by atoms with van der Waals surface area (Å²) in [6.45, 7) is 3.73. The first-order valence-electron chi connectivity index (χ1n) is 6.44. The van der Waals surface area contributed by atoms with Crippen LogP contribution in [0.25, 0.3) is 10.8 Å². The molecule has 0 saturated heterocycles. The van der Waals surface area contributed by atoms with Gasteiger partial charge in [-0.2, -0.15) is 0 Å². The highest BCUT2D eigenvalue weighted by Gasteiger charge is 1.96. The second-order valence-corrected chi connectivity index (χ2v) is 4.69. The molecule has 0 atom stereocenters. The second kappa shape index (κ2) is 6.29.